The predicted molar refractivity (Wildman–Crippen MR) is 102 cm³/mol. The van der Waals surface area contributed by atoms with Crippen LogP contribution in [0.15, 0.2) is 42.5 Å². The Labute approximate surface area is 156 Å². The zero-order valence-corrected chi connectivity index (χ0v) is 15.3. The molecule has 0 spiro atoms. The summed E-state index contributed by atoms with van der Waals surface area (Å²) in [6, 6.07) is 8.54. The Balaban J connectivity index is 1.87. The standard InChI is InChI=1S/C20H19ClN2O3/c1-11-6-9-17(26-2)20-18(11)13-4-3-5-14(13)19(22-20)15-10-12(23(24)25)7-8-16(15)21/h3-4,6-10,13-14,19,22H,5H2,1-2H3/t13-,14+,19+/m1/s1. The number of fused-ring (bicyclic) bond motifs is 3. The molecule has 5 nitrogen and oxygen atoms in total. The van der Waals surface area contributed by atoms with Gasteiger partial charge in [-0.2, -0.15) is 0 Å². The summed E-state index contributed by atoms with van der Waals surface area (Å²) in [6.45, 7) is 2.10. The number of hydrogen-bond acceptors (Lipinski definition) is 4. The lowest BCUT2D eigenvalue weighted by Gasteiger charge is -2.39. The van der Waals surface area contributed by atoms with Gasteiger partial charge in [0.1, 0.15) is 5.75 Å². The smallest absolute Gasteiger partial charge is 0.269 e. The molecule has 1 aliphatic carbocycles. The van der Waals surface area contributed by atoms with Crippen LogP contribution in [0.3, 0.4) is 0 Å². The van der Waals surface area contributed by atoms with Crippen molar-refractivity contribution in [1.29, 1.82) is 0 Å². The third kappa shape index (κ3) is 2.54. The van der Waals surface area contributed by atoms with Crippen LogP contribution in [0.2, 0.25) is 5.02 Å². The molecule has 0 saturated heterocycles. The Bertz CT molecular complexity index is 926. The molecule has 0 saturated carbocycles. The van der Waals surface area contributed by atoms with E-state index in [1.807, 2.05) is 6.07 Å². The molecule has 134 valence electrons. The van der Waals surface area contributed by atoms with Crippen molar-refractivity contribution in [3.8, 4) is 5.75 Å². The Morgan fingerprint density at radius 3 is 2.85 bits per heavy atom. The van der Waals surface area contributed by atoms with Gasteiger partial charge in [0.05, 0.1) is 23.8 Å². The summed E-state index contributed by atoms with van der Waals surface area (Å²) in [5.41, 5.74) is 4.21. The fraction of sp³-hybridized carbons (Fsp3) is 0.300. The minimum absolute atomic E-state index is 0.0516. The first-order chi connectivity index (χ1) is 12.5. The quantitative estimate of drug-likeness (QED) is 0.447. The Kier molecular flexibility index (Phi) is 4.11. The first-order valence-electron chi connectivity index (χ1n) is 8.55. The second-order valence-electron chi connectivity index (χ2n) is 6.81. The van der Waals surface area contributed by atoms with Gasteiger partial charge >= 0.3 is 0 Å². The van der Waals surface area contributed by atoms with Crippen LogP contribution in [0, 0.1) is 23.0 Å². The number of nitrogens with one attached hydrogen (secondary N) is 1. The van der Waals surface area contributed by atoms with E-state index < -0.39 is 0 Å². The van der Waals surface area contributed by atoms with Gasteiger partial charge in [0.2, 0.25) is 0 Å². The van der Waals surface area contributed by atoms with Gasteiger partial charge in [0, 0.05) is 28.6 Å². The number of ether oxygens (including phenoxy) is 1. The van der Waals surface area contributed by atoms with Crippen molar-refractivity contribution in [1.82, 2.24) is 0 Å². The normalized spacial score (nSPS) is 23.1. The van der Waals surface area contributed by atoms with Crippen LogP contribution in [-0.2, 0) is 0 Å². The van der Waals surface area contributed by atoms with Gasteiger partial charge in [0.25, 0.3) is 5.69 Å². The van der Waals surface area contributed by atoms with E-state index >= 15 is 0 Å². The maximum Gasteiger partial charge on any atom is 0.269 e. The molecule has 2 aromatic carbocycles. The average Bonchev–Trinajstić information content (AvgIpc) is 3.11. The second kappa shape index (κ2) is 6.32. The van der Waals surface area contributed by atoms with E-state index in [0.29, 0.717) is 5.02 Å². The van der Waals surface area contributed by atoms with Crippen LogP contribution in [0.4, 0.5) is 11.4 Å². The molecule has 2 aliphatic rings. The van der Waals surface area contributed by atoms with Crippen LogP contribution < -0.4 is 10.1 Å². The monoisotopic (exact) mass is 370 g/mol. The number of nitro groups is 1. The predicted octanol–water partition coefficient (Wildman–Crippen LogP) is 5.39. The minimum Gasteiger partial charge on any atom is -0.495 e. The molecule has 1 N–H and O–H groups in total. The fourth-order valence-electron chi connectivity index (χ4n) is 4.23. The van der Waals surface area contributed by atoms with E-state index in [1.54, 1.807) is 19.2 Å². The molecule has 6 heteroatoms. The Hall–Kier alpha value is -2.53. The number of methoxy groups -OCH3 is 1. The summed E-state index contributed by atoms with van der Waals surface area (Å²) in [6.07, 6.45) is 5.32. The van der Waals surface area contributed by atoms with Gasteiger partial charge in [-0.3, -0.25) is 10.1 Å². The van der Waals surface area contributed by atoms with E-state index in [2.05, 4.69) is 30.5 Å². The highest BCUT2D eigenvalue weighted by molar-refractivity contribution is 6.31. The van der Waals surface area contributed by atoms with Crippen molar-refractivity contribution in [2.45, 2.75) is 25.3 Å². The highest BCUT2D eigenvalue weighted by atomic mass is 35.5. The van der Waals surface area contributed by atoms with Gasteiger partial charge in [-0.1, -0.05) is 29.8 Å². The fourth-order valence-corrected chi connectivity index (χ4v) is 4.47. The van der Waals surface area contributed by atoms with Crippen molar-refractivity contribution < 1.29 is 9.66 Å². The molecule has 0 bridgehead atoms. The molecule has 0 unspecified atom stereocenters. The largest absolute Gasteiger partial charge is 0.495 e. The molecule has 1 aliphatic heterocycles. The number of anilines is 1. The number of allylic oxidation sites excluding steroid dienone is 2. The van der Waals surface area contributed by atoms with E-state index in [4.69, 9.17) is 16.3 Å². The van der Waals surface area contributed by atoms with E-state index in [-0.39, 0.29) is 28.5 Å². The van der Waals surface area contributed by atoms with Crippen LogP contribution in [0.25, 0.3) is 0 Å². The summed E-state index contributed by atoms with van der Waals surface area (Å²) in [5.74, 6) is 1.27. The highest BCUT2D eigenvalue weighted by Gasteiger charge is 2.40. The number of aryl methyl sites for hydroxylation is 1. The first-order valence-corrected chi connectivity index (χ1v) is 8.93. The van der Waals surface area contributed by atoms with Crippen molar-refractivity contribution in [3.63, 3.8) is 0 Å². The summed E-state index contributed by atoms with van der Waals surface area (Å²) in [4.78, 5) is 10.8. The molecule has 0 amide bonds. The number of nitrogens with zero attached hydrogens (tertiary/aromatic N) is 1. The molecule has 2 aromatic rings. The summed E-state index contributed by atoms with van der Waals surface area (Å²) < 4.78 is 5.56. The number of benzene rings is 2. The zero-order valence-electron chi connectivity index (χ0n) is 14.5. The van der Waals surface area contributed by atoms with Crippen LogP contribution in [0.1, 0.15) is 35.1 Å². The number of nitro benzene ring substituents is 1. The van der Waals surface area contributed by atoms with Gasteiger partial charge in [-0.05, 0) is 42.5 Å². The van der Waals surface area contributed by atoms with Gasteiger partial charge < -0.3 is 10.1 Å². The third-order valence-corrected chi connectivity index (χ3v) is 5.79. The maximum absolute atomic E-state index is 11.2. The number of non-ortho nitro benzene ring substituents is 1. The minimum atomic E-state index is -0.383. The molecule has 26 heavy (non-hydrogen) atoms. The topological polar surface area (TPSA) is 64.4 Å². The molecule has 3 atom stereocenters. The van der Waals surface area contributed by atoms with Crippen molar-refractivity contribution in [2.75, 3.05) is 12.4 Å². The Morgan fingerprint density at radius 2 is 2.12 bits per heavy atom. The lowest BCUT2D eigenvalue weighted by Crippen LogP contribution is -2.30. The van der Waals surface area contributed by atoms with E-state index in [1.165, 1.54) is 17.2 Å². The van der Waals surface area contributed by atoms with Crippen LogP contribution in [-0.4, -0.2) is 12.0 Å². The third-order valence-electron chi connectivity index (χ3n) is 5.44. The maximum atomic E-state index is 11.2. The highest BCUT2D eigenvalue weighted by Crippen LogP contribution is 2.54. The van der Waals surface area contributed by atoms with Gasteiger partial charge in [-0.15, -0.1) is 0 Å². The molecule has 0 radical (unpaired) electrons. The van der Waals surface area contributed by atoms with Crippen molar-refractivity contribution in [3.05, 3.63) is 74.3 Å². The number of halogens is 1. The second-order valence-corrected chi connectivity index (χ2v) is 7.22. The van der Waals surface area contributed by atoms with Crippen molar-refractivity contribution >= 4 is 23.0 Å². The van der Waals surface area contributed by atoms with Crippen LogP contribution >= 0.6 is 11.6 Å². The zero-order chi connectivity index (χ0) is 18.4. The molecular formula is C20H19ClN2O3. The van der Waals surface area contributed by atoms with Gasteiger partial charge in [0.15, 0.2) is 0 Å². The van der Waals surface area contributed by atoms with Crippen LogP contribution in [0.5, 0.6) is 5.75 Å². The van der Waals surface area contributed by atoms with Gasteiger partial charge in [-0.25, -0.2) is 0 Å². The van der Waals surface area contributed by atoms with E-state index in [0.717, 1.165) is 23.4 Å². The Morgan fingerprint density at radius 1 is 1.31 bits per heavy atom. The summed E-state index contributed by atoms with van der Waals surface area (Å²) in [5, 5.41) is 15.3. The average molecular weight is 371 g/mol. The van der Waals surface area contributed by atoms with Crippen molar-refractivity contribution in [2.24, 2.45) is 5.92 Å². The summed E-state index contributed by atoms with van der Waals surface area (Å²) >= 11 is 6.44. The molecular weight excluding hydrogens is 352 g/mol. The first kappa shape index (κ1) is 16.9. The molecule has 0 aromatic heterocycles. The molecule has 4 rings (SSSR count). The molecule has 0 fully saturated rings. The lowest BCUT2D eigenvalue weighted by molar-refractivity contribution is -0.384. The van der Waals surface area contributed by atoms with E-state index in [9.17, 15) is 10.1 Å². The number of rotatable bonds is 3. The lowest BCUT2D eigenvalue weighted by atomic mass is 9.75. The SMILES string of the molecule is COc1ccc(C)c2c1N[C@H](c1cc([N+](=O)[O-])ccc1Cl)[C@H]1CC=C[C@@H]21. The number of hydrogen-bond donors (Lipinski definition) is 1. The molecule has 1 heterocycles. The summed E-state index contributed by atoms with van der Waals surface area (Å²) in [7, 11) is 1.65.